The summed E-state index contributed by atoms with van der Waals surface area (Å²) in [5.74, 6) is -2.71. The highest BCUT2D eigenvalue weighted by Crippen LogP contribution is 2.37. The van der Waals surface area contributed by atoms with Gasteiger partial charge in [0.15, 0.2) is 0 Å². The lowest BCUT2D eigenvalue weighted by Gasteiger charge is -2.25. The first-order valence-corrected chi connectivity index (χ1v) is 8.44. The lowest BCUT2D eigenvalue weighted by atomic mass is 9.92. The van der Waals surface area contributed by atoms with Gasteiger partial charge >= 0.3 is 5.97 Å². The van der Waals surface area contributed by atoms with Crippen LogP contribution in [0, 0.1) is 18.7 Å². The van der Waals surface area contributed by atoms with Crippen LogP contribution in [0.2, 0.25) is 0 Å². The van der Waals surface area contributed by atoms with E-state index in [1.165, 1.54) is 23.1 Å². The molecule has 1 saturated heterocycles. The molecule has 0 aliphatic carbocycles. The number of nitrogens with one attached hydrogen (secondary N) is 1. The first kappa shape index (κ1) is 18.6. The van der Waals surface area contributed by atoms with Gasteiger partial charge in [-0.25, -0.2) is 9.18 Å². The molecule has 2 atom stereocenters. The van der Waals surface area contributed by atoms with E-state index in [1.54, 1.807) is 38.2 Å². The van der Waals surface area contributed by atoms with Crippen LogP contribution >= 0.6 is 0 Å². The van der Waals surface area contributed by atoms with E-state index in [4.69, 9.17) is 0 Å². The van der Waals surface area contributed by atoms with Crippen molar-refractivity contribution in [2.45, 2.75) is 19.4 Å². The number of nitrogens with zero attached hydrogens (tertiary/aromatic N) is 1. The van der Waals surface area contributed by atoms with Crippen molar-refractivity contribution >= 4 is 23.5 Å². The van der Waals surface area contributed by atoms with Gasteiger partial charge in [-0.15, -0.1) is 0 Å². The van der Waals surface area contributed by atoms with Gasteiger partial charge in [0.25, 0.3) is 0 Å². The Morgan fingerprint density at radius 2 is 1.85 bits per heavy atom. The zero-order chi connectivity index (χ0) is 19.7. The Morgan fingerprint density at radius 1 is 1.19 bits per heavy atom. The van der Waals surface area contributed by atoms with E-state index < -0.39 is 23.7 Å². The molecule has 2 amide bonds. The second kappa shape index (κ2) is 7.19. The van der Waals surface area contributed by atoms with Crippen molar-refractivity contribution < 1.29 is 23.9 Å². The first-order valence-electron chi connectivity index (χ1n) is 8.44. The standard InChI is InChI=1S/C20H19FN2O4/c1-11-3-8-14(9-15(11)20(26)27)22-19(25)16-10-17(24)23(2)18(16)12-4-6-13(21)7-5-12/h3-9,16,18H,10H2,1-2H3,(H,22,25)(H,26,27). The van der Waals surface area contributed by atoms with E-state index in [1.807, 2.05) is 0 Å². The van der Waals surface area contributed by atoms with Crippen molar-refractivity contribution in [3.63, 3.8) is 0 Å². The normalized spacial score (nSPS) is 19.2. The van der Waals surface area contributed by atoms with Crippen molar-refractivity contribution in [3.05, 3.63) is 65.0 Å². The average molecular weight is 370 g/mol. The maximum absolute atomic E-state index is 13.2. The van der Waals surface area contributed by atoms with Crippen LogP contribution in [0.1, 0.15) is 33.9 Å². The minimum absolute atomic E-state index is 0.0298. The van der Waals surface area contributed by atoms with E-state index in [0.717, 1.165) is 0 Å². The lowest BCUT2D eigenvalue weighted by Crippen LogP contribution is -2.30. The molecule has 0 aromatic heterocycles. The van der Waals surface area contributed by atoms with Crippen molar-refractivity contribution in [2.75, 3.05) is 12.4 Å². The van der Waals surface area contributed by atoms with Crippen LogP contribution in [-0.2, 0) is 9.59 Å². The number of benzene rings is 2. The molecule has 0 radical (unpaired) electrons. The summed E-state index contributed by atoms with van der Waals surface area (Å²) in [4.78, 5) is 37.7. The number of rotatable bonds is 4. The number of carboxylic acids is 1. The van der Waals surface area contributed by atoms with Gasteiger partial charge in [0.2, 0.25) is 11.8 Å². The summed E-state index contributed by atoms with van der Waals surface area (Å²) in [6, 6.07) is 9.81. The Hall–Kier alpha value is -3.22. The number of anilines is 1. The minimum atomic E-state index is -1.08. The van der Waals surface area contributed by atoms with Crippen LogP contribution in [0.25, 0.3) is 0 Å². The van der Waals surface area contributed by atoms with Crippen LogP contribution in [0.15, 0.2) is 42.5 Å². The number of hydrogen-bond donors (Lipinski definition) is 2. The molecule has 1 heterocycles. The molecule has 0 saturated carbocycles. The highest BCUT2D eigenvalue weighted by Gasteiger charge is 2.42. The van der Waals surface area contributed by atoms with Gasteiger partial charge in [0, 0.05) is 19.2 Å². The minimum Gasteiger partial charge on any atom is -0.478 e. The summed E-state index contributed by atoms with van der Waals surface area (Å²) in [6.07, 6.45) is 0.0298. The molecule has 0 bridgehead atoms. The predicted octanol–water partition coefficient (Wildman–Crippen LogP) is 2.99. The van der Waals surface area contributed by atoms with E-state index in [2.05, 4.69) is 5.32 Å². The molecule has 2 aromatic rings. The largest absolute Gasteiger partial charge is 0.478 e. The van der Waals surface area contributed by atoms with Gasteiger partial charge in [-0.3, -0.25) is 9.59 Å². The molecule has 2 N–H and O–H groups in total. The van der Waals surface area contributed by atoms with Gasteiger partial charge in [0.05, 0.1) is 17.5 Å². The van der Waals surface area contributed by atoms with Crippen LogP contribution in [-0.4, -0.2) is 34.8 Å². The number of aromatic carboxylic acids is 1. The molecule has 3 rings (SSSR count). The van der Waals surface area contributed by atoms with E-state index in [0.29, 0.717) is 16.8 Å². The van der Waals surface area contributed by atoms with Crippen LogP contribution in [0.5, 0.6) is 0 Å². The number of carboxylic acid groups (broad SMARTS) is 1. The number of carbonyl (C=O) groups excluding carboxylic acids is 2. The number of halogens is 1. The zero-order valence-electron chi connectivity index (χ0n) is 14.9. The third-order valence-corrected chi connectivity index (χ3v) is 4.87. The Morgan fingerprint density at radius 3 is 2.48 bits per heavy atom. The Balaban J connectivity index is 1.86. The fraction of sp³-hybridized carbons (Fsp3) is 0.250. The Kier molecular flexibility index (Phi) is 4.94. The third-order valence-electron chi connectivity index (χ3n) is 4.87. The highest BCUT2D eigenvalue weighted by atomic mass is 19.1. The Bertz CT molecular complexity index is 911. The number of carbonyl (C=O) groups is 3. The van der Waals surface area contributed by atoms with Crippen LogP contribution < -0.4 is 5.32 Å². The average Bonchev–Trinajstić information content (AvgIpc) is 2.92. The van der Waals surface area contributed by atoms with E-state index >= 15 is 0 Å². The maximum Gasteiger partial charge on any atom is 0.336 e. The Labute approximate surface area is 155 Å². The number of hydrogen-bond acceptors (Lipinski definition) is 3. The molecule has 1 aliphatic heterocycles. The number of aryl methyl sites for hydroxylation is 1. The van der Waals surface area contributed by atoms with Gasteiger partial charge in [-0.05, 0) is 42.3 Å². The summed E-state index contributed by atoms with van der Waals surface area (Å²) < 4.78 is 13.2. The smallest absolute Gasteiger partial charge is 0.336 e. The monoisotopic (exact) mass is 370 g/mol. The summed E-state index contributed by atoms with van der Waals surface area (Å²) in [6.45, 7) is 1.67. The molecular formula is C20H19FN2O4. The molecule has 2 aromatic carbocycles. The quantitative estimate of drug-likeness (QED) is 0.866. The predicted molar refractivity (Wildman–Crippen MR) is 96.8 cm³/mol. The molecule has 2 unspecified atom stereocenters. The first-order chi connectivity index (χ1) is 12.8. The summed E-state index contributed by atoms with van der Waals surface area (Å²) in [5.41, 5.74) is 1.70. The lowest BCUT2D eigenvalue weighted by molar-refractivity contribution is -0.128. The van der Waals surface area contributed by atoms with Gasteiger partial charge in [-0.1, -0.05) is 18.2 Å². The number of likely N-dealkylation sites (tertiary alicyclic amines) is 1. The fourth-order valence-electron chi connectivity index (χ4n) is 3.39. The molecule has 6 nitrogen and oxygen atoms in total. The summed E-state index contributed by atoms with van der Waals surface area (Å²) in [5, 5.41) is 11.9. The second-order valence-corrected chi connectivity index (χ2v) is 6.64. The fourth-order valence-corrected chi connectivity index (χ4v) is 3.39. The van der Waals surface area contributed by atoms with E-state index in [9.17, 15) is 23.9 Å². The van der Waals surface area contributed by atoms with Gasteiger partial charge < -0.3 is 15.3 Å². The second-order valence-electron chi connectivity index (χ2n) is 6.64. The summed E-state index contributed by atoms with van der Waals surface area (Å²) >= 11 is 0. The van der Waals surface area contributed by atoms with Crippen LogP contribution in [0.3, 0.4) is 0 Å². The molecular weight excluding hydrogens is 351 g/mol. The zero-order valence-corrected chi connectivity index (χ0v) is 14.9. The third kappa shape index (κ3) is 3.67. The summed E-state index contributed by atoms with van der Waals surface area (Å²) in [7, 11) is 1.61. The molecule has 140 valence electrons. The van der Waals surface area contributed by atoms with E-state index in [-0.39, 0.29) is 23.8 Å². The van der Waals surface area contributed by atoms with Crippen molar-refractivity contribution in [3.8, 4) is 0 Å². The van der Waals surface area contributed by atoms with Crippen molar-refractivity contribution in [1.82, 2.24) is 4.90 Å². The highest BCUT2D eigenvalue weighted by molar-refractivity contribution is 5.99. The van der Waals surface area contributed by atoms with Crippen molar-refractivity contribution in [1.29, 1.82) is 0 Å². The van der Waals surface area contributed by atoms with Gasteiger partial charge in [-0.2, -0.15) is 0 Å². The van der Waals surface area contributed by atoms with Gasteiger partial charge in [0.1, 0.15) is 5.82 Å². The topological polar surface area (TPSA) is 86.7 Å². The molecule has 1 aliphatic rings. The molecule has 7 heteroatoms. The van der Waals surface area contributed by atoms with Crippen molar-refractivity contribution in [2.24, 2.45) is 5.92 Å². The SMILES string of the molecule is Cc1ccc(NC(=O)C2CC(=O)N(C)C2c2ccc(F)cc2)cc1C(=O)O. The number of amides is 2. The molecule has 0 spiro atoms. The van der Waals surface area contributed by atoms with Crippen LogP contribution in [0.4, 0.5) is 10.1 Å². The maximum atomic E-state index is 13.2. The molecule has 1 fully saturated rings. The molecule has 27 heavy (non-hydrogen) atoms.